The van der Waals surface area contributed by atoms with Gasteiger partial charge in [-0.3, -0.25) is 4.79 Å². The van der Waals surface area contributed by atoms with Crippen LogP contribution in [0, 0.1) is 0 Å². The molecule has 4 rings (SSSR count). The van der Waals surface area contributed by atoms with E-state index in [-0.39, 0.29) is 11.9 Å². The Morgan fingerprint density at radius 3 is 2.64 bits per heavy atom. The Labute approximate surface area is 146 Å². The van der Waals surface area contributed by atoms with Crippen LogP contribution in [-0.2, 0) is 0 Å². The van der Waals surface area contributed by atoms with Crippen molar-refractivity contribution < 1.29 is 9.21 Å². The van der Waals surface area contributed by atoms with Crippen LogP contribution in [0.15, 0.2) is 65.2 Å². The molecule has 0 aliphatic carbocycles. The number of nitrogens with zero attached hydrogens (tertiary/aromatic N) is 2. The molecule has 25 heavy (non-hydrogen) atoms. The highest BCUT2D eigenvalue weighted by atomic mass is 16.4. The zero-order valence-corrected chi connectivity index (χ0v) is 13.8. The highest BCUT2D eigenvalue weighted by Crippen LogP contribution is 2.29. The summed E-state index contributed by atoms with van der Waals surface area (Å²) in [7, 11) is 0. The van der Waals surface area contributed by atoms with Crippen molar-refractivity contribution >= 4 is 5.91 Å². The molecule has 1 fully saturated rings. The number of aromatic nitrogens is 1. The Morgan fingerprint density at radius 1 is 1.12 bits per heavy atom. The summed E-state index contributed by atoms with van der Waals surface area (Å²) < 4.78 is 5.92. The van der Waals surface area contributed by atoms with Gasteiger partial charge in [-0.05, 0) is 18.6 Å². The summed E-state index contributed by atoms with van der Waals surface area (Å²) in [6.45, 7) is 1.28. The first-order valence-electron chi connectivity index (χ1n) is 8.38. The summed E-state index contributed by atoms with van der Waals surface area (Å²) in [5, 5.41) is 0. The van der Waals surface area contributed by atoms with Gasteiger partial charge in [0.15, 0.2) is 5.76 Å². The predicted molar refractivity (Wildman–Crippen MR) is 95.9 cm³/mol. The van der Waals surface area contributed by atoms with Gasteiger partial charge in [-0.2, -0.15) is 0 Å². The van der Waals surface area contributed by atoms with Crippen LogP contribution in [0.4, 0.5) is 0 Å². The number of carbonyl (C=O) groups excluding carboxylic acids is 1. The number of amides is 1. The zero-order chi connectivity index (χ0) is 17.2. The SMILES string of the molecule is N[C@H]1CCN(C(=O)c2ccccc2-c2ncc(-c3ccccc3)o2)C1. The Morgan fingerprint density at radius 2 is 1.88 bits per heavy atom. The Balaban J connectivity index is 1.68. The second-order valence-electron chi connectivity index (χ2n) is 6.24. The second-order valence-corrected chi connectivity index (χ2v) is 6.24. The third kappa shape index (κ3) is 3.06. The van der Waals surface area contributed by atoms with Crippen molar-refractivity contribution in [2.24, 2.45) is 5.73 Å². The van der Waals surface area contributed by atoms with Gasteiger partial charge in [-0.15, -0.1) is 0 Å². The molecule has 0 spiro atoms. The molecule has 1 aromatic heterocycles. The van der Waals surface area contributed by atoms with E-state index in [4.69, 9.17) is 10.2 Å². The fourth-order valence-electron chi connectivity index (χ4n) is 3.13. The van der Waals surface area contributed by atoms with E-state index in [1.807, 2.05) is 54.6 Å². The van der Waals surface area contributed by atoms with Crippen LogP contribution in [0.1, 0.15) is 16.8 Å². The van der Waals surface area contributed by atoms with E-state index in [1.165, 1.54) is 0 Å². The maximum atomic E-state index is 12.9. The minimum atomic E-state index is -0.0250. The van der Waals surface area contributed by atoms with Crippen molar-refractivity contribution in [3.8, 4) is 22.8 Å². The molecule has 2 heterocycles. The molecule has 1 aliphatic rings. The van der Waals surface area contributed by atoms with Crippen molar-refractivity contribution in [2.45, 2.75) is 12.5 Å². The standard InChI is InChI=1S/C20H19N3O2/c21-15-10-11-23(13-15)20(24)17-9-5-4-8-16(17)19-22-12-18(25-19)14-6-2-1-3-7-14/h1-9,12,15H,10-11,13,21H2/t15-/m0/s1. The summed E-state index contributed by atoms with van der Waals surface area (Å²) in [6, 6.07) is 17.3. The third-order valence-electron chi connectivity index (χ3n) is 4.46. The molecule has 2 aromatic carbocycles. The minimum Gasteiger partial charge on any atom is -0.436 e. The summed E-state index contributed by atoms with van der Waals surface area (Å²) in [6.07, 6.45) is 2.53. The van der Waals surface area contributed by atoms with Crippen LogP contribution >= 0.6 is 0 Å². The average molecular weight is 333 g/mol. The highest BCUT2D eigenvalue weighted by Gasteiger charge is 2.27. The Kier molecular flexibility index (Phi) is 4.07. The van der Waals surface area contributed by atoms with Crippen LogP contribution in [0.3, 0.4) is 0 Å². The van der Waals surface area contributed by atoms with Crippen LogP contribution < -0.4 is 5.73 Å². The summed E-state index contributed by atoms with van der Waals surface area (Å²) in [5.41, 5.74) is 8.19. The minimum absolute atomic E-state index is 0.0250. The molecule has 0 unspecified atom stereocenters. The Bertz CT molecular complexity index is 889. The molecule has 5 heteroatoms. The maximum absolute atomic E-state index is 12.9. The first-order chi connectivity index (χ1) is 12.2. The molecule has 3 aromatic rings. The molecule has 0 saturated carbocycles. The van der Waals surface area contributed by atoms with Gasteiger partial charge in [0.25, 0.3) is 5.91 Å². The van der Waals surface area contributed by atoms with Gasteiger partial charge in [-0.25, -0.2) is 4.98 Å². The smallest absolute Gasteiger partial charge is 0.254 e. The van der Waals surface area contributed by atoms with Gasteiger partial charge < -0.3 is 15.1 Å². The lowest BCUT2D eigenvalue weighted by Gasteiger charge is -2.17. The van der Waals surface area contributed by atoms with Crippen molar-refractivity contribution in [3.05, 3.63) is 66.4 Å². The largest absolute Gasteiger partial charge is 0.436 e. The van der Waals surface area contributed by atoms with Gasteiger partial charge in [0.2, 0.25) is 5.89 Å². The summed E-state index contributed by atoms with van der Waals surface area (Å²) >= 11 is 0. The number of hydrogen-bond donors (Lipinski definition) is 1. The van der Waals surface area contributed by atoms with E-state index < -0.39 is 0 Å². The molecule has 5 nitrogen and oxygen atoms in total. The lowest BCUT2D eigenvalue weighted by Crippen LogP contribution is -2.32. The van der Waals surface area contributed by atoms with Gasteiger partial charge in [0.05, 0.1) is 11.8 Å². The van der Waals surface area contributed by atoms with Crippen molar-refractivity contribution in [1.82, 2.24) is 9.88 Å². The van der Waals surface area contributed by atoms with E-state index in [0.717, 1.165) is 12.0 Å². The fraction of sp³-hybridized carbons (Fsp3) is 0.200. The van der Waals surface area contributed by atoms with Gasteiger partial charge in [0, 0.05) is 30.3 Å². The molecular formula is C20H19N3O2. The van der Waals surface area contributed by atoms with E-state index >= 15 is 0 Å². The van der Waals surface area contributed by atoms with E-state index in [2.05, 4.69) is 4.98 Å². The third-order valence-corrected chi connectivity index (χ3v) is 4.46. The molecule has 1 aliphatic heterocycles. The molecule has 0 bridgehead atoms. The number of likely N-dealkylation sites (tertiary alicyclic amines) is 1. The molecule has 126 valence electrons. The van der Waals surface area contributed by atoms with Gasteiger partial charge >= 0.3 is 0 Å². The first-order valence-corrected chi connectivity index (χ1v) is 8.38. The fourth-order valence-corrected chi connectivity index (χ4v) is 3.13. The van der Waals surface area contributed by atoms with Crippen LogP contribution in [0.5, 0.6) is 0 Å². The van der Waals surface area contributed by atoms with Crippen LogP contribution in [0.25, 0.3) is 22.8 Å². The number of nitrogens with two attached hydrogens (primary N) is 1. The lowest BCUT2D eigenvalue weighted by molar-refractivity contribution is 0.0791. The van der Waals surface area contributed by atoms with E-state index in [1.54, 1.807) is 11.1 Å². The number of hydrogen-bond acceptors (Lipinski definition) is 4. The molecular weight excluding hydrogens is 314 g/mol. The average Bonchev–Trinajstić information content (AvgIpc) is 3.31. The van der Waals surface area contributed by atoms with Gasteiger partial charge in [-0.1, -0.05) is 42.5 Å². The zero-order valence-electron chi connectivity index (χ0n) is 13.8. The van der Waals surface area contributed by atoms with E-state index in [9.17, 15) is 4.79 Å². The number of benzene rings is 2. The normalized spacial score (nSPS) is 17.0. The number of rotatable bonds is 3. The first kappa shape index (κ1) is 15.6. The number of oxazole rings is 1. The van der Waals surface area contributed by atoms with E-state index in [0.29, 0.717) is 35.9 Å². The molecule has 0 radical (unpaired) electrons. The molecule has 1 amide bonds. The van der Waals surface area contributed by atoms with Crippen LogP contribution in [0.2, 0.25) is 0 Å². The second kappa shape index (κ2) is 6.53. The van der Waals surface area contributed by atoms with Crippen molar-refractivity contribution in [1.29, 1.82) is 0 Å². The van der Waals surface area contributed by atoms with Gasteiger partial charge in [0.1, 0.15) is 0 Å². The Hall–Kier alpha value is -2.92. The topological polar surface area (TPSA) is 72.4 Å². The van der Waals surface area contributed by atoms with Crippen molar-refractivity contribution in [3.63, 3.8) is 0 Å². The predicted octanol–water partition coefficient (Wildman–Crippen LogP) is 3.18. The summed E-state index contributed by atoms with van der Waals surface area (Å²) in [5.74, 6) is 1.11. The summed E-state index contributed by atoms with van der Waals surface area (Å²) in [4.78, 5) is 19.0. The molecule has 1 saturated heterocycles. The number of carbonyl (C=O) groups is 1. The highest BCUT2D eigenvalue weighted by molar-refractivity contribution is 6.00. The molecule has 1 atom stereocenters. The van der Waals surface area contributed by atoms with Crippen molar-refractivity contribution in [2.75, 3.05) is 13.1 Å². The monoisotopic (exact) mass is 333 g/mol. The maximum Gasteiger partial charge on any atom is 0.254 e. The lowest BCUT2D eigenvalue weighted by atomic mass is 10.1. The quantitative estimate of drug-likeness (QED) is 0.799. The van der Waals surface area contributed by atoms with Crippen LogP contribution in [-0.4, -0.2) is 34.9 Å². The molecule has 2 N–H and O–H groups in total.